The largest absolute Gasteiger partial charge is 0.453 e. The molecule has 4 atom stereocenters. The number of methoxy groups -OCH3 is 2. The monoisotopic (exact) mass is 824 g/mol. The molecule has 61 heavy (non-hydrogen) atoms. The summed E-state index contributed by atoms with van der Waals surface area (Å²) in [5.74, 6) is 0.572. The standard InChI is InChI=1S/C47H52N8O6/c1-26(2)34(25-48-46(58)60-5)44(56)54-19-7-9-39(54)42-49-35-17-15-32(23-37(35)51-42)30-13-11-29-22-31(14-12-28(29)21-30)33-16-18-36-38(24-33)52-43(50-36)40-10-8-20-55(40)45(57)41(27(3)4)53-47(59)61-6/h11-18,21-27,34,39-41H,7-10,19-20H2,1-6H3,(H,49,51)(H,50,52)(H,53,59). The summed E-state index contributed by atoms with van der Waals surface area (Å²) in [6.07, 6.45) is 3.34. The van der Waals surface area contributed by atoms with Gasteiger partial charge in [0.15, 0.2) is 0 Å². The van der Waals surface area contributed by atoms with Gasteiger partial charge in [-0.05, 0) is 107 Å². The predicted molar refractivity (Wildman–Crippen MR) is 235 cm³/mol. The Morgan fingerprint density at radius 2 is 1.18 bits per heavy atom. The van der Waals surface area contributed by atoms with Crippen LogP contribution in [0.5, 0.6) is 0 Å². The van der Waals surface area contributed by atoms with E-state index < -0.39 is 24.1 Å². The van der Waals surface area contributed by atoms with Crippen molar-refractivity contribution < 1.29 is 28.7 Å². The summed E-state index contributed by atoms with van der Waals surface area (Å²) in [6, 6.07) is 24.2. The van der Waals surface area contributed by atoms with E-state index in [9.17, 15) is 19.2 Å². The molecule has 4 amide bonds. The maximum absolute atomic E-state index is 13.7. The van der Waals surface area contributed by atoms with Crippen LogP contribution in [0.1, 0.15) is 77.1 Å². The molecule has 0 saturated carbocycles. The number of imidazole rings is 2. The SMILES string of the molecule is COC(=O)N=CC(C(=O)N1CCCC1c1nc2ccc(-c3ccc4cc(-c5ccc6nc(C7CCCN7C(=O)C(NC(=O)OC)C(C)C)[nH]c6c5)ccc4c3)cc2[nH]1)C(C)C. The van der Waals surface area contributed by atoms with Crippen LogP contribution >= 0.6 is 0 Å². The zero-order valence-electron chi connectivity index (χ0n) is 35.4. The van der Waals surface area contributed by atoms with Crippen molar-refractivity contribution in [1.82, 2.24) is 35.1 Å². The number of alkyl carbamates (subject to hydrolysis) is 1. The van der Waals surface area contributed by atoms with Gasteiger partial charge in [0.05, 0.1) is 54.3 Å². The smallest absolute Gasteiger partial charge is 0.432 e. The average molecular weight is 825 g/mol. The van der Waals surface area contributed by atoms with Gasteiger partial charge in [-0.3, -0.25) is 9.59 Å². The lowest BCUT2D eigenvalue weighted by atomic mass is 9.95. The Bertz CT molecular complexity index is 2660. The number of aromatic amines is 2. The number of carbonyl (C=O) groups excluding carboxylic acids is 4. The fourth-order valence-corrected chi connectivity index (χ4v) is 8.75. The Kier molecular flexibility index (Phi) is 11.6. The highest BCUT2D eigenvalue weighted by Gasteiger charge is 2.38. The number of amides is 4. The third-order valence-corrected chi connectivity index (χ3v) is 12.1. The highest BCUT2D eigenvalue weighted by molar-refractivity contribution is 5.97. The lowest BCUT2D eigenvalue weighted by Crippen LogP contribution is -2.51. The number of hydrogen-bond donors (Lipinski definition) is 3. The van der Waals surface area contributed by atoms with Crippen LogP contribution in [0.25, 0.3) is 55.1 Å². The van der Waals surface area contributed by atoms with E-state index in [-0.39, 0.29) is 35.7 Å². The third-order valence-electron chi connectivity index (χ3n) is 12.1. The molecule has 2 aromatic heterocycles. The molecule has 2 aliphatic rings. The molecule has 8 rings (SSSR count). The Morgan fingerprint density at radius 3 is 1.66 bits per heavy atom. The van der Waals surface area contributed by atoms with Crippen molar-refractivity contribution in [3.8, 4) is 22.3 Å². The van der Waals surface area contributed by atoms with Gasteiger partial charge in [-0.1, -0.05) is 64.1 Å². The maximum atomic E-state index is 13.7. The molecule has 2 aliphatic heterocycles. The number of aliphatic imine (C=N–C) groups is 1. The number of nitrogens with zero attached hydrogens (tertiary/aromatic N) is 5. The second-order valence-corrected chi connectivity index (χ2v) is 16.7. The Hall–Kier alpha value is -6.57. The van der Waals surface area contributed by atoms with E-state index in [1.54, 1.807) is 0 Å². The molecular formula is C47H52N8O6. The Morgan fingerprint density at radius 1 is 0.689 bits per heavy atom. The zero-order valence-corrected chi connectivity index (χ0v) is 35.4. The minimum atomic E-state index is -0.724. The number of aromatic nitrogens is 4. The number of likely N-dealkylation sites (tertiary alicyclic amines) is 2. The number of fused-ring (bicyclic) bond motifs is 3. The number of H-pyrrole nitrogens is 2. The van der Waals surface area contributed by atoms with Gasteiger partial charge < -0.3 is 34.6 Å². The third kappa shape index (κ3) is 8.31. The number of ether oxygens (including phenoxy) is 2. The van der Waals surface area contributed by atoms with Crippen LogP contribution in [0.15, 0.2) is 77.8 Å². The normalized spacial score (nSPS) is 17.9. The van der Waals surface area contributed by atoms with Gasteiger partial charge in [-0.25, -0.2) is 19.6 Å². The highest BCUT2D eigenvalue weighted by Crippen LogP contribution is 2.37. The molecule has 0 radical (unpaired) electrons. The van der Waals surface area contributed by atoms with Gasteiger partial charge in [-0.2, -0.15) is 4.99 Å². The van der Waals surface area contributed by atoms with Crippen molar-refractivity contribution in [2.45, 2.75) is 71.5 Å². The van der Waals surface area contributed by atoms with Crippen molar-refractivity contribution >= 4 is 63.1 Å². The van der Waals surface area contributed by atoms with E-state index in [1.807, 2.05) is 49.6 Å². The van der Waals surface area contributed by atoms with Crippen LogP contribution in [-0.2, 0) is 19.1 Å². The van der Waals surface area contributed by atoms with Crippen LogP contribution in [0.4, 0.5) is 9.59 Å². The molecule has 316 valence electrons. The number of nitrogens with one attached hydrogen (secondary N) is 3. The van der Waals surface area contributed by atoms with Gasteiger partial charge in [-0.15, -0.1) is 0 Å². The number of rotatable bonds is 10. The highest BCUT2D eigenvalue weighted by atomic mass is 16.5. The van der Waals surface area contributed by atoms with Gasteiger partial charge in [0.1, 0.15) is 17.7 Å². The van der Waals surface area contributed by atoms with Gasteiger partial charge in [0.2, 0.25) is 11.8 Å². The minimum absolute atomic E-state index is 0.0487. The summed E-state index contributed by atoms with van der Waals surface area (Å²) in [6.45, 7) is 8.91. The van der Waals surface area contributed by atoms with Gasteiger partial charge in [0.25, 0.3) is 0 Å². The van der Waals surface area contributed by atoms with Gasteiger partial charge in [0, 0.05) is 19.3 Å². The molecular weight excluding hydrogens is 773 g/mol. The number of hydrogen-bond acceptors (Lipinski definition) is 8. The average Bonchev–Trinajstić information content (AvgIpc) is 4.10. The fourth-order valence-electron chi connectivity index (χ4n) is 8.75. The number of carbonyl (C=O) groups is 4. The molecule has 0 spiro atoms. The molecule has 2 saturated heterocycles. The lowest BCUT2D eigenvalue weighted by molar-refractivity contribution is -0.136. The summed E-state index contributed by atoms with van der Waals surface area (Å²) < 4.78 is 9.43. The molecule has 4 heterocycles. The molecule has 4 unspecified atom stereocenters. The molecule has 3 N–H and O–H groups in total. The first kappa shape index (κ1) is 41.2. The molecule has 14 nitrogen and oxygen atoms in total. The topological polar surface area (TPSA) is 175 Å². The van der Waals surface area contributed by atoms with E-state index >= 15 is 0 Å². The molecule has 14 heteroatoms. The van der Waals surface area contributed by atoms with E-state index in [0.29, 0.717) is 13.1 Å². The molecule has 0 bridgehead atoms. The van der Waals surface area contributed by atoms with Gasteiger partial charge >= 0.3 is 12.2 Å². The van der Waals surface area contributed by atoms with Crippen LogP contribution in [0.2, 0.25) is 0 Å². The zero-order chi connectivity index (χ0) is 42.9. The molecule has 6 aromatic rings. The molecule has 4 aromatic carbocycles. The molecule has 2 fully saturated rings. The van der Waals surface area contributed by atoms with Crippen molar-refractivity contribution in [3.63, 3.8) is 0 Å². The van der Waals surface area contributed by atoms with E-state index in [1.165, 1.54) is 20.4 Å². The second-order valence-electron chi connectivity index (χ2n) is 16.7. The summed E-state index contributed by atoms with van der Waals surface area (Å²) >= 11 is 0. The first-order valence-electron chi connectivity index (χ1n) is 21.0. The predicted octanol–water partition coefficient (Wildman–Crippen LogP) is 8.74. The summed E-state index contributed by atoms with van der Waals surface area (Å²) in [4.78, 5) is 75.5. The minimum Gasteiger partial charge on any atom is -0.453 e. The summed E-state index contributed by atoms with van der Waals surface area (Å²) in [7, 11) is 2.56. The summed E-state index contributed by atoms with van der Waals surface area (Å²) in [5, 5.41) is 4.93. The fraction of sp³-hybridized carbons (Fsp3) is 0.383. The van der Waals surface area contributed by atoms with Crippen molar-refractivity contribution in [1.29, 1.82) is 0 Å². The maximum Gasteiger partial charge on any atom is 0.432 e. The Balaban J connectivity index is 0.991. The van der Waals surface area contributed by atoms with Crippen molar-refractivity contribution in [2.75, 3.05) is 27.3 Å². The lowest BCUT2D eigenvalue weighted by Gasteiger charge is -2.29. The van der Waals surface area contributed by atoms with Crippen molar-refractivity contribution in [2.24, 2.45) is 22.7 Å². The first-order chi connectivity index (χ1) is 29.4. The summed E-state index contributed by atoms with van der Waals surface area (Å²) in [5.41, 5.74) is 7.70. The number of benzene rings is 4. The van der Waals surface area contributed by atoms with E-state index in [2.05, 4.69) is 85.7 Å². The van der Waals surface area contributed by atoms with E-state index in [4.69, 9.17) is 14.7 Å². The van der Waals surface area contributed by atoms with Crippen LogP contribution in [-0.4, -0.2) is 93.3 Å². The quantitative estimate of drug-likeness (QED) is 0.115. The van der Waals surface area contributed by atoms with E-state index in [0.717, 1.165) is 92.4 Å². The van der Waals surface area contributed by atoms with Crippen LogP contribution in [0, 0.1) is 17.8 Å². The van der Waals surface area contributed by atoms with Crippen LogP contribution in [0.3, 0.4) is 0 Å². The van der Waals surface area contributed by atoms with Crippen LogP contribution < -0.4 is 5.32 Å². The molecule has 0 aliphatic carbocycles. The first-order valence-corrected chi connectivity index (χ1v) is 21.0. The Labute approximate surface area is 354 Å². The van der Waals surface area contributed by atoms with Crippen molar-refractivity contribution in [3.05, 3.63) is 84.4 Å². The second kappa shape index (κ2) is 17.2.